The summed E-state index contributed by atoms with van der Waals surface area (Å²) in [6, 6.07) is 5.53. The average Bonchev–Trinajstić information content (AvgIpc) is 3.50. The number of benzene rings is 1. The summed E-state index contributed by atoms with van der Waals surface area (Å²) in [7, 11) is 3.08. The van der Waals surface area contributed by atoms with Crippen molar-refractivity contribution >= 4 is 35.0 Å². The molecule has 1 aliphatic rings. The molecular weight excluding hydrogens is 460 g/mol. The highest BCUT2D eigenvalue weighted by Gasteiger charge is 2.52. The van der Waals surface area contributed by atoms with Crippen LogP contribution in [-0.2, 0) is 11.4 Å². The third-order valence-electron chi connectivity index (χ3n) is 5.30. The average molecular weight is 483 g/mol. The Morgan fingerprint density at radius 1 is 1.26 bits per heavy atom. The lowest BCUT2D eigenvalue weighted by Gasteiger charge is -2.43. The van der Waals surface area contributed by atoms with Crippen molar-refractivity contribution in [3.63, 3.8) is 0 Å². The molecule has 0 aliphatic carbocycles. The van der Waals surface area contributed by atoms with E-state index in [1.54, 1.807) is 50.7 Å². The Hall–Kier alpha value is -4.13. The summed E-state index contributed by atoms with van der Waals surface area (Å²) >= 11 is 1.25. The third-order valence-corrected chi connectivity index (χ3v) is 5.89. The standard InChI is InChI=1S/C21H22N8O4S/c1-11-15(28(18(11)30)21(32)27(2)3)17-25-20(29(26-17)19(31)14-9-34-10-24-14)33-8-12-4-6-13(7-5-12)16(22)23/h4-7,9-11,15H,8H2,1-3H3,(H3,22,23). The van der Waals surface area contributed by atoms with Gasteiger partial charge in [-0.2, -0.15) is 4.98 Å². The number of ether oxygens (including phenoxy) is 1. The fraction of sp³-hybridized carbons (Fsp3) is 0.286. The first-order chi connectivity index (χ1) is 16.2. The maximum absolute atomic E-state index is 13.0. The van der Waals surface area contributed by atoms with Crippen molar-refractivity contribution < 1.29 is 19.1 Å². The van der Waals surface area contributed by atoms with Crippen LogP contribution < -0.4 is 10.5 Å². The van der Waals surface area contributed by atoms with Crippen LogP contribution in [0.3, 0.4) is 0 Å². The number of hydrogen-bond donors (Lipinski definition) is 2. The Morgan fingerprint density at radius 3 is 2.56 bits per heavy atom. The third kappa shape index (κ3) is 4.12. The quantitative estimate of drug-likeness (QED) is 0.303. The highest BCUT2D eigenvalue weighted by Crippen LogP contribution is 2.39. The molecule has 0 radical (unpaired) electrons. The highest BCUT2D eigenvalue weighted by atomic mass is 32.1. The number of amidine groups is 1. The molecule has 0 spiro atoms. The fourth-order valence-electron chi connectivity index (χ4n) is 3.42. The van der Waals surface area contributed by atoms with Crippen LogP contribution in [0.1, 0.15) is 40.4 Å². The maximum Gasteiger partial charge on any atom is 0.326 e. The van der Waals surface area contributed by atoms with E-state index in [1.807, 2.05) is 0 Å². The number of rotatable bonds is 6. The van der Waals surface area contributed by atoms with E-state index >= 15 is 0 Å². The topological polar surface area (TPSA) is 160 Å². The number of imide groups is 1. The van der Waals surface area contributed by atoms with Gasteiger partial charge in [0.2, 0.25) is 5.91 Å². The zero-order chi connectivity index (χ0) is 24.6. The van der Waals surface area contributed by atoms with Gasteiger partial charge in [0.25, 0.3) is 0 Å². The lowest BCUT2D eigenvalue weighted by atomic mass is 9.89. The molecule has 176 valence electrons. The van der Waals surface area contributed by atoms with E-state index in [4.69, 9.17) is 15.9 Å². The second-order valence-corrected chi connectivity index (χ2v) is 8.58. The van der Waals surface area contributed by atoms with E-state index in [-0.39, 0.29) is 35.9 Å². The molecule has 0 bridgehead atoms. The molecule has 3 aromatic rings. The molecule has 13 heteroatoms. The Balaban J connectivity index is 1.65. The SMILES string of the molecule is CC1C(=O)N(C(=O)N(C)C)C1c1nc(OCc2ccc(C(=N)N)cc2)n(C(=O)c2cscn2)n1. The van der Waals surface area contributed by atoms with Gasteiger partial charge in [0.05, 0.1) is 11.4 Å². The minimum atomic E-state index is -0.732. The molecule has 3 heterocycles. The molecule has 2 atom stereocenters. The lowest BCUT2D eigenvalue weighted by molar-refractivity contribution is -0.150. The molecule has 1 aromatic carbocycles. The monoisotopic (exact) mass is 482 g/mol. The Bertz CT molecular complexity index is 1250. The number of hydrogen-bond acceptors (Lipinski definition) is 9. The molecule has 1 aliphatic heterocycles. The van der Waals surface area contributed by atoms with Crippen LogP contribution in [0.25, 0.3) is 0 Å². The second-order valence-electron chi connectivity index (χ2n) is 7.86. The minimum Gasteiger partial charge on any atom is -0.458 e. The number of thiazole rings is 1. The second kappa shape index (κ2) is 9.02. The predicted octanol–water partition coefficient (Wildman–Crippen LogP) is 1.49. The molecule has 1 fully saturated rings. The normalized spacial score (nSPS) is 17.3. The van der Waals surface area contributed by atoms with Gasteiger partial charge in [0.15, 0.2) is 5.82 Å². The maximum atomic E-state index is 13.0. The van der Waals surface area contributed by atoms with Crippen molar-refractivity contribution in [1.29, 1.82) is 5.41 Å². The van der Waals surface area contributed by atoms with Crippen LogP contribution in [0.5, 0.6) is 6.01 Å². The summed E-state index contributed by atoms with van der Waals surface area (Å²) in [5.74, 6) is -1.37. The molecule has 2 aromatic heterocycles. The molecule has 3 N–H and O–H groups in total. The molecule has 12 nitrogen and oxygen atoms in total. The van der Waals surface area contributed by atoms with Gasteiger partial charge >= 0.3 is 17.9 Å². The number of nitrogens with two attached hydrogens (primary N) is 1. The largest absolute Gasteiger partial charge is 0.458 e. The summed E-state index contributed by atoms with van der Waals surface area (Å²) in [4.78, 5) is 48.6. The smallest absolute Gasteiger partial charge is 0.326 e. The summed E-state index contributed by atoms with van der Waals surface area (Å²) in [5.41, 5.74) is 8.49. The van der Waals surface area contributed by atoms with E-state index in [9.17, 15) is 14.4 Å². The lowest BCUT2D eigenvalue weighted by Crippen LogP contribution is -2.59. The van der Waals surface area contributed by atoms with Crippen LogP contribution in [0, 0.1) is 11.3 Å². The number of nitrogens with zero attached hydrogens (tertiary/aromatic N) is 6. The first kappa shape index (κ1) is 23.0. The van der Waals surface area contributed by atoms with Gasteiger partial charge in [-0.1, -0.05) is 31.2 Å². The van der Waals surface area contributed by atoms with Crippen molar-refractivity contribution in [2.24, 2.45) is 11.7 Å². The summed E-state index contributed by atoms with van der Waals surface area (Å²) in [5, 5.41) is 13.4. The van der Waals surface area contributed by atoms with E-state index in [2.05, 4.69) is 15.1 Å². The minimum absolute atomic E-state index is 0.0493. The van der Waals surface area contributed by atoms with Gasteiger partial charge in [0.1, 0.15) is 24.2 Å². The zero-order valence-electron chi connectivity index (χ0n) is 18.6. The number of β-lactam (4-membered cyclic amide) rings is 1. The van der Waals surface area contributed by atoms with Crippen molar-refractivity contribution in [2.75, 3.05) is 14.1 Å². The molecule has 34 heavy (non-hydrogen) atoms. The summed E-state index contributed by atoms with van der Waals surface area (Å²) in [6.45, 7) is 1.73. The van der Waals surface area contributed by atoms with Crippen molar-refractivity contribution in [1.82, 2.24) is 29.5 Å². The number of carbonyl (C=O) groups excluding carboxylic acids is 3. The van der Waals surface area contributed by atoms with Crippen molar-refractivity contribution in [3.8, 4) is 6.01 Å². The number of nitrogen functional groups attached to an aromatic ring is 1. The number of urea groups is 1. The molecule has 3 amide bonds. The van der Waals surface area contributed by atoms with E-state index in [0.717, 1.165) is 15.1 Å². The fourth-order valence-corrected chi connectivity index (χ4v) is 3.95. The number of aromatic nitrogens is 4. The van der Waals surface area contributed by atoms with Gasteiger partial charge in [-0.3, -0.25) is 19.9 Å². The highest BCUT2D eigenvalue weighted by molar-refractivity contribution is 7.07. The van der Waals surface area contributed by atoms with Crippen LogP contribution >= 0.6 is 11.3 Å². The van der Waals surface area contributed by atoms with E-state index in [1.165, 1.54) is 21.7 Å². The van der Waals surface area contributed by atoms with Crippen molar-refractivity contribution in [3.05, 3.63) is 57.8 Å². The van der Waals surface area contributed by atoms with Crippen LogP contribution in [0.2, 0.25) is 0 Å². The Labute approximate surface area is 198 Å². The van der Waals surface area contributed by atoms with Crippen molar-refractivity contribution in [2.45, 2.75) is 19.6 Å². The van der Waals surface area contributed by atoms with Crippen LogP contribution in [0.15, 0.2) is 35.2 Å². The van der Waals surface area contributed by atoms with Gasteiger partial charge in [-0.25, -0.2) is 9.78 Å². The van der Waals surface area contributed by atoms with E-state index in [0.29, 0.717) is 5.56 Å². The van der Waals surface area contributed by atoms with Crippen LogP contribution in [0.4, 0.5) is 4.79 Å². The molecular formula is C21H22N8O4S. The first-order valence-electron chi connectivity index (χ1n) is 10.2. The number of amides is 3. The Morgan fingerprint density at radius 2 is 1.97 bits per heavy atom. The first-order valence-corrected chi connectivity index (χ1v) is 11.1. The van der Waals surface area contributed by atoms with E-state index < -0.39 is 23.9 Å². The predicted molar refractivity (Wildman–Crippen MR) is 121 cm³/mol. The number of likely N-dealkylation sites (tertiary alicyclic amines) is 1. The van der Waals surface area contributed by atoms with Gasteiger partial charge < -0.3 is 15.4 Å². The summed E-state index contributed by atoms with van der Waals surface area (Å²) in [6.07, 6.45) is 0. The Kier molecular flexibility index (Phi) is 6.11. The number of carbonyl (C=O) groups is 3. The molecule has 4 rings (SSSR count). The molecule has 2 unspecified atom stereocenters. The number of nitrogens with one attached hydrogen (secondary N) is 1. The molecule has 0 saturated carbocycles. The van der Waals surface area contributed by atoms with Gasteiger partial charge in [0, 0.05) is 25.0 Å². The van der Waals surface area contributed by atoms with Crippen LogP contribution in [-0.4, -0.2) is 67.3 Å². The molecule has 1 saturated heterocycles. The van der Waals surface area contributed by atoms with Gasteiger partial charge in [-0.15, -0.1) is 21.1 Å². The van der Waals surface area contributed by atoms with Gasteiger partial charge in [-0.05, 0) is 5.56 Å². The zero-order valence-corrected chi connectivity index (χ0v) is 19.4. The summed E-state index contributed by atoms with van der Waals surface area (Å²) < 4.78 is 6.80.